The lowest BCUT2D eigenvalue weighted by atomic mass is 10.2. The number of nitrogens with one attached hydrogen (secondary N) is 1. The summed E-state index contributed by atoms with van der Waals surface area (Å²) < 4.78 is 2.88. The number of aromatic amines is 1. The van der Waals surface area contributed by atoms with Crippen LogP contribution in [-0.2, 0) is 6.54 Å². The quantitative estimate of drug-likeness (QED) is 0.780. The summed E-state index contributed by atoms with van der Waals surface area (Å²) in [6.07, 6.45) is 3.18. The molecule has 0 amide bonds. The molecule has 0 radical (unpaired) electrons. The Morgan fingerprint density at radius 2 is 2.00 bits per heavy atom. The average Bonchev–Trinajstić information content (AvgIpc) is 2.63. The van der Waals surface area contributed by atoms with E-state index in [0.717, 1.165) is 23.4 Å². The molecule has 1 aromatic heterocycles. The molecular weight excluding hydrogens is 204 g/mol. The topological polar surface area (TPSA) is 20.7 Å². The summed E-state index contributed by atoms with van der Waals surface area (Å²) in [7, 11) is 0. The summed E-state index contributed by atoms with van der Waals surface area (Å²) in [6, 6.07) is 10.2. The zero-order valence-electron chi connectivity index (χ0n) is 8.73. The molecule has 2 rings (SSSR count). The Morgan fingerprint density at radius 3 is 2.67 bits per heavy atom. The van der Waals surface area contributed by atoms with Crippen LogP contribution >= 0.6 is 12.2 Å². The summed E-state index contributed by atoms with van der Waals surface area (Å²) in [4.78, 5) is 3.22. The summed E-state index contributed by atoms with van der Waals surface area (Å²) in [5.41, 5.74) is 2.27. The Bertz CT molecular complexity index is 482. The Balaban J connectivity index is 2.39. The maximum Gasteiger partial charge on any atom is 0.177 e. The number of benzene rings is 1. The first-order valence-electron chi connectivity index (χ1n) is 5.16. The largest absolute Gasteiger partial charge is 0.331 e. The molecule has 78 valence electrons. The molecule has 0 fully saturated rings. The van der Waals surface area contributed by atoms with Gasteiger partial charge in [-0.15, -0.1) is 0 Å². The first-order valence-corrected chi connectivity index (χ1v) is 5.57. The van der Waals surface area contributed by atoms with Crippen molar-refractivity contribution in [2.75, 3.05) is 0 Å². The predicted octanol–water partition coefficient (Wildman–Crippen LogP) is 3.62. The van der Waals surface area contributed by atoms with Crippen LogP contribution in [0.25, 0.3) is 11.3 Å². The molecule has 1 aromatic carbocycles. The first-order chi connectivity index (χ1) is 7.31. The fourth-order valence-corrected chi connectivity index (χ4v) is 1.86. The van der Waals surface area contributed by atoms with E-state index in [4.69, 9.17) is 12.2 Å². The molecule has 0 spiro atoms. The van der Waals surface area contributed by atoms with Crippen LogP contribution in [-0.4, -0.2) is 9.55 Å². The Kier molecular flexibility index (Phi) is 3.02. The Hall–Kier alpha value is -1.35. The lowest BCUT2D eigenvalue weighted by Crippen LogP contribution is -1.93. The molecule has 0 atom stereocenters. The summed E-state index contributed by atoms with van der Waals surface area (Å²) >= 11 is 5.25. The van der Waals surface area contributed by atoms with E-state index in [1.165, 1.54) is 5.56 Å². The van der Waals surface area contributed by atoms with Crippen LogP contribution in [0.15, 0.2) is 36.5 Å². The third-order valence-corrected chi connectivity index (χ3v) is 2.67. The van der Waals surface area contributed by atoms with Crippen LogP contribution in [0.5, 0.6) is 0 Å². The van der Waals surface area contributed by atoms with E-state index >= 15 is 0 Å². The van der Waals surface area contributed by atoms with Gasteiger partial charge in [0.1, 0.15) is 0 Å². The van der Waals surface area contributed by atoms with Crippen molar-refractivity contribution in [3.63, 3.8) is 0 Å². The van der Waals surface area contributed by atoms with E-state index in [2.05, 4.69) is 34.8 Å². The molecule has 0 unspecified atom stereocenters. The summed E-state index contributed by atoms with van der Waals surface area (Å²) in [5.74, 6) is 0. The van der Waals surface area contributed by atoms with Gasteiger partial charge in [0.05, 0.1) is 5.69 Å². The van der Waals surface area contributed by atoms with Gasteiger partial charge in [0, 0.05) is 12.7 Å². The van der Waals surface area contributed by atoms with Crippen LogP contribution in [0.1, 0.15) is 13.3 Å². The third-order valence-electron chi connectivity index (χ3n) is 2.34. The number of hydrogen-bond donors (Lipinski definition) is 1. The molecular formula is C12H14N2S. The predicted molar refractivity (Wildman–Crippen MR) is 65.3 cm³/mol. The van der Waals surface area contributed by atoms with Crippen LogP contribution < -0.4 is 0 Å². The number of rotatable bonds is 3. The minimum absolute atomic E-state index is 0.802. The fraction of sp³-hybridized carbons (Fsp3) is 0.250. The molecule has 2 nitrogen and oxygen atoms in total. The van der Waals surface area contributed by atoms with Crippen LogP contribution in [0.4, 0.5) is 0 Å². The molecule has 1 heterocycles. The second-order valence-corrected chi connectivity index (χ2v) is 3.92. The van der Waals surface area contributed by atoms with Crippen molar-refractivity contribution >= 4 is 12.2 Å². The van der Waals surface area contributed by atoms with E-state index in [-0.39, 0.29) is 0 Å². The van der Waals surface area contributed by atoms with Crippen molar-refractivity contribution in [2.24, 2.45) is 0 Å². The van der Waals surface area contributed by atoms with Crippen molar-refractivity contribution < 1.29 is 0 Å². The number of aromatic nitrogens is 2. The van der Waals surface area contributed by atoms with Crippen molar-refractivity contribution in [2.45, 2.75) is 19.9 Å². The third kappa shape index (κ3) is 2.18. The molecule has 0 saturated carbocycles. The second-order valence-electron chi connectivity index (χ2n) is 3.53. The highest BCUT2D eigenvalue weighted by Gasteiger charge is 2.01. The minimum atomic E-state index is 0.802. The van der Waals surface area contributed by atoms with Gasteiger partial charge in [0.25, 0.3) is 0 Å². The van der Waals surface area contributed by atoms with Crippen LogP contribution in [0, 0.1) is 4.77 Å². The van der Waals surface area contributed by atoms with Gasteiger partial charge in [-0.05, 0) is 24.2 Å². The molecule has 1 N–H and O–H groups in total. The van der Waals surface area contributed by atoms with Crippen LogP contribution in [0.2, 0.25) is 0 Å². The van der Waals surface area contributed by atoms with Crippen molar-refractivity contribution in [3.05, 3.63) is 41.3 Å². The van der Waals surface area contributed by atoms with Gasteiger partial charge in [-0.1, -0.05) is 37.3 Å². The molecule has 3 heteroatoms. The molecule has 0 aliphatic heterocycles. The normalized spacial score (nSPS) is 10.5. The Morgan fingerprint density at radius 1 is 1.27 bits per heavy atom. The maximum absolute atomic E-state index is 5.25. The van der Waals surface area contributed by atoms with Crippen LogP contribution in [0.3, 0.4) is 0 Å². The summed E-state index contributed by atoms with van der Waals surface area (Å²) in [6.45, 7) is 3.12. The molecule has 0 saturated heterocycles. The second kappa shape index (κ2) is 4.45. The first kappa shape index (κ1) is 10.2. The smallest absolute Gasteiger partial charge is 0.177 e. The van der Waals surface area contributed by atoms with Gasteiger partial charge >= 0.3 is 0 Å². The van der Waals surface area contributed by atoms with E-state index in [1.54, 1.807) is 0 Å². The van der Waals surface area contributed by atoms with Gasteiger partial charge in [-0.3, -0.25) is 0 Å². The Labute approximate surface area is 94.6 Å². The molecule has 15 heavy (non-hydrogen) atoms. The summed E-state index contributed by atoms with van der Waals surface area (Å²) in [5, 5.41) is 0. The van der Waals surface area contributed by atoms with Crippen molar-refractivity contribution in [1.82, 2.24) is 9.55 Å². The van der Waals surface area contributed by atoms with Gasteiger partial charge in [-0.2, -0.15) is 0 Å². The van der Waals surface area contributed by atoms with Gasteiger partial charge in [0.2, 0.25) is 0 Å². The molecule has 2 aromatic rings. The standard InChI is InChI=1S/C12H14N2S/c1-2-8-14-9-11(13-12(14)15)10-6-4-3-5-7-10/h3-7,9H,2,8H2,1H3,(H,13,15). The highest BCUT2D eigenvalue weighted by atomic mass is 32.1. The zero-order valence-corrected chi connectivity index (χ0v) is 9.55. The van der Waals surface area contributed by atoms with E-state index in [0.29, 0.717) is 0 Å². The SMILES string of the molecule is CCCn1cc(-c2ccccc2)[nH]c1=S. The van der Waals surface area contributed by atoms with Crippen molar-refractivity contribution in [1.29, 1.82) is 0 Å². The van der Waals surface area contributed by atoms with Gasteiger partial charge in [-0.25, -0.2) is 0 Å². The highest BCUT2D eigenvalue weighted by Crippen LogP contribution is 2.16. The van der Waals surface area contributed by atoms with E-state index in [1.807, 2.05) is 18.2 Å². The minimum Gasteiger partial charge on any atom is -0.331 e. The average molecular weight is 218 g/mol. The number of nitrogens with zero attached hydrogens (tertiary/aromatic N) is 1. The maximum atomic E-state index is 5.25. The highest BCUT2D eigenvalue weighted by molar-refractivity contribution is 7.71. The fourth-order valence-electron chi connectivity index (χ4n) is 1.61. The molecule has 0 aliphatic rings. The number of aryl methyl sites for hydroxylation is 1. The molecule has 0 bridgehead atoms. The van der Waals surface area contributed by atoms with Gasteiger partial charge in [0.15, 0.2) is 4.77 Å². The van der Waals surface area contributed by atoms with Gasteiger partial charge < -0.3 is 9.55 Å². The lowest BCUT2D eigenvalue weighted by molar-refractivity contribution is 0.670. The number of hydrogen-bond acceptors (Lipinski definition) is 1. The zero-order chi connectivity index (χ0) is 10.7. The number of H-pyrrole nitrogens is 1. The van der Waals surface area contributed by atoms with E-state index in [9.17, 15) is 0 Å². The van der Waals surface area contributed by atoms with E-state index < -0.39 is 0 Å². The number of imidazole rings is 1. The lowest BCUT2D eigenvalue weighted by Gasteiger charge is -1.96. The van der Waals surface area contributed by atoms with Crippen molar-refractivity contribution in [3.8, 4) is 11.3 Å². The molecule has 0 aliphatic carbocycles. The monoisotopic (exact) mass is 218 g/mol.